The Labute approximate surface area is 137 Å². The van der Waals surface area contributed by atoms with Crippen LogP contribution in [0.2, 0.25) is 0 Å². The van der Waals surface area contributed by atoms with Gasteiger partial charge in [-0.2, -0.15) is 0 Å². The number of nitrogens with one attached hydrogen (secondary N) is 1. The lowest BCUT2D eigenvalue weighted by molar-refractivity contribution is -0.138. The van der Waals surface area contributed by atoms with Crippen LogP contribution < -0.4 is 5.32 Å². The highest BCUT2D eigenvalue weighted by Crippen LogP contribution is 2.10. The molecule has 0 radical (unpaired) electrons. The molecule has 1 N–H and O–H groups in total. The summed E-state index contributed by atoms with van der Waals surface area (Å²) in [5.41, 5.74) is 1.53. The van der Waals surface area contributed by atoms with Gasteiger partial charge in [-0.1, -0.05) is 12.1 Å². The lowest BCUT2D eigenvalue weighted by atomic mass is 10.1. The summed E-state index contributed by atoms with van der Waals surface area (Å²) in [5, 5.41) is 2.68. The second kappa shape index (κ2) is 8.92. The van der Waals surface area contributed by atoms with E-state index in [-0.39, 0.29) is 30.7 Å². The minimum absolute atomic E-state index is 0.0492. The zero-order chi connectivity index (χ0) is 17.4. The van der Waals surface area contributed by atoms with Gasteiger partial charge in [-0.3, -0.25) is 14.4 Å². The second-order valence-electron chi connectivity index (χ2n) is 5.37. The van der Waals surface area contributed by atoms with Gasteiger partial charge < -0.3 is 15.1 Å². The maximum atomic E-state index is 12.2. The summed E-state index contributed by atoms with van der Waals surface area (Å²) >= 11 is 0. The van der Waals surface area contributed by atoms with Crippen molar-refractivity contribution in [3.05, 3.63) is 29.8 Å². The fourth-order valence-corrected chi connectivity index (χ4v) is 2.19. The molecule has 0 heterocycles. The van der Waals surface area contributed by atoms with E-state index in [1.165, 1.54) is 11.8 Å². The molecular formula is C17H25N3O3. The molecule has 1 rings (SSSR count). The van der Waals surface area contributed by atoms with Gasteiger partial charge in [-0.25, -0.2) is 0 Å². The molecule has 0 bridgehead atoms. The first-order valence-electron chi connectivity index (χ1n) is 7.75. The van der Waals surface area contributed by atoms with Crippen molar-refractivity contribution >= 4 is 23.4 Å². The second-order valence-corrected chi connectivity index (χ2v) is 5.37. The predicted octanol–water partition coefficient (Wildman–Crippen LogP) is 1.51. The zero-order valence-corrected chi connectivity index (χ0v) is 14.3. The maximum absolute atomic E-state index is 12.2. The third-order valence-electron chi connectivity index (χ3n) is 3.54. The summed E-state index contributed by atoms with van der Waals surface area (Å²) < 4.78 is 0. The van der Waals surface area contributed by atoms with Gasteiger partial charge >= 0.3 is 0 Å². The Morgan fingerprint density at radius 3 is 2.04 bits per heavy atom. The topological polar surface area (TPSA) is 69.7 Å². The van der Waals surface area contributed by atoms with Gasteiger partial charge in [0.05, 0.1) is 13.0 Å². The highest BCUT2D eigenvalue weighted by atomic mass is 16.2. The SMILES string of the molecule is CCN(CC)C(=O)CN(C)C(=O)Cc1ccc(NC(C)=O)cc1. The fourth-order valence-electron chi connectivity index (χ4n) is 2.19. The minimum Gasteiger partial charge on any atom is -0.342 e. The molecule has 3 amide bonds. The van der Waals surface area contributed by atoms with E-state index in [0.29, 0.717) is 18.8 Å². The van der Waals surface area contributed by atoms with Crippen LogP contribution in [0.3, 0.4) is 0 Å². The van der Waals surface area contributed by atoms with Gasteiger partial charge in [0.15, 0.2) is 0 Å². The summed E-state index contributed by atoms with van der Waals surface area (Å²) in [4.78, 5) is 38.3. The number of benzene rings is 1. The highest BCUT2D eigenvalue weighted by Gasteiger charge is 2.16. The number of rotatable bonds is 7. The molecule has 0 spiro atoms. The van der Waals surface area contributed by atoms with Crippen LogP contribution in [-0.4, -0.2) is 54.2 Å². The van der Waals surface area contributed by atoms with Crippen LogP contribution in [0.25, 0.3) is 0 Å². The quantitative estimate of drug-likeness (QED) is 0.828. The van der Waals surface area contributed by atoms with E-state index in [4.69, 9.17) is 0 Å². The summed E-state index contributed by atoms with van der Waals surface area (Å²) in [6, 6.07) is 7.10. The summed E-state index contributed by atoms with van der Waals surface area (Å²) in [6.07, 6.45) is 0.225. The summed E-state index contributed by atoms with van der Waals surface area (Å²) in [6.45, 7) is 6.65. The molecule has 6 nitrogen and oxygen atoms in total. The number of carbonyl (C=O) groups excluding carboxylic acids is 3. The van der Waals surface area contributed by atoms with Crippen LogP contribution in [0.15, 0.2) is 24.3 Å². The van der Waals surface area contributed by atoms with Gasteiger partial charge in [-0.15, -0.1) is 0 Å². The molecule has 0 aliphatic heterocycles. The fraction of sp³-hybridized carbons (Fsp3) is 0.471. The number of carbonyl (C=O) groups is 3. The molecule has 1 aromatic rings. The number of hydrogen-bond donors (Lipinski definition) is 1. The molecule has 0 aliphatic rings. The Morgan fingerprint density at radius 2 is 1.57 bits per heavy atom. The number of amides is 3. The van der Waals surface area contributed by atoms with E-state index in [2.05, 4.69) is 5.32 Å². The minimum atomic E-state index is -0.136. The maximum Gasteiger partial charge on any atom is 0.242 e. The van der Waals surface area contributed by atoms with E-state index >= 15 is 0 Å². The third-order valence-corrected chi connectivity index (χ3v) is 3.54. The van der Waals surface area contributed by atoms with E-state index in [0.717, 1.165) is 5.56 Å². The Balaban J connectivity index is 2.57. The smallest absolute Gasteiger partial charge is 0.242 e. The number of anilines is 1. The molecule has 126 valence electrons. The third kappa shape index (κ3) is 6.10. The van der Waals surface area contributed by atoms with Crippen LogP contribution in [0.5, 0.6) is 0 Å². The number of nitrogens with zero attached hydrogens (tertiary/aromatic N) is 2. The van der Waals surface area contributed by atoms with Crippen molar-refractivity contribution in [2.75, 3.05) is 32.0 Å². The van der Waals surface area contributed by atoms with Crippen molar-refractivity contribution < 1.29 is 14.4 Å². The van der Waals surface area contributed by atoms with E-state index in [1.807, 2.05) is 13.8 Å². The monoisotopic (exact) mass is 319 g/mol. The van der Waals surface area contributed by atoms with Crippen molar-refractivity contribution in [3.8, 4) is 0 Å². The van der Waals surface area contributed by atoms with E-state index in [9.17, 15) is 14.4 Å². The standard InChI is InChI=1S/C17H25N3O3/c1-5-20(6-2)17(23)12-19(4)16(22)11-14-7-9-15(10-8-14)18-13(3)21/h7-10H,5-6,11-12H2,1-4H3,(H,18,21). The molecule has 0 fully saturated rings. The van der Waals surface area contributed by atoms with Crippen molar-refractivity contribution in [2.24, 2.45) is 0 Å². The molecule has 0 unspecified atom stereocenters. The Morgan fingerprint density at radius 1 is 1.00 bits per heavy atom. The van der Waals surface area contributed by atoms with E-state index < -0.39 is 0 Å². The Bertz CT molecular complexity index is 551. The van der Waals surface area contributed by atoms with Gasteiger partial charge in [0.25, 0.3) is 0 Å². The summed E-state index contributed by atoms with van der Waals surface area (Å²) in [5.74, 6) is -0.298. The van der Waals surface area contributed by atoms with Crippen LogP contribution in [-0.2, 0) is 20.8 Å². The lowest BCUT2D eigenvalue weighted by Gasteiger charge is -2.23. The molecule has 0 saturated heterocycles. The zero-order valence-electron chi connectivity index (χ0n) is 14.3. The van der Waals surface area contributed by atoms with Crippen LogP contribution in [0.4, 0.5) is 5.69 Å². The molecular weight excluding hydrogens is 294 g/mol. The Hall–Kier alpha value is -2.37. The molecule has 6 heteroatoms. The first-order valence-corrected chi connectivity index (χ1v) is 7.75. The highest BCUT2D eigenvalue weighted by molar-refractivity contribution is 5.89. The average Bonchev–Trinajstić information content (AvgIpc) is 2.49. The molecule has 0 aliphatic carbocycles. The van der Waals surface area contributed by atoms with Gasteiger partial charge in [0.1, 0.15) is 0 Å². The average molecular weight is 319 g/mol. The molecule has 0 saturated carbocycles. The van der Waals surface area contributed by atoms with Gasteiger partial charge in [0, 0.05) is 32.7 Å². The van der Waals surface area contributed by atoms with Gasteiger partial charge in [-0.05, 0) is 31.5 Å². The largest absolute Gasteiger partial charge is 0.342 e. The molecule has 0 atom stereocenters. The van der Waals surface area contributed by atoms with Crippen LogP contribution in [0.1, 0.15) is 26.3 Å². The molecule has 23 heavy (non-hydrogen) atoms. The number of hydrogen-bond acceptors (Lipinski definition) is 3. The van der Waals surface area contributed by atoms with Gasteiger partial charge in [0.2, 0.25) is 17.7 Å². The molecule has 1 aromatic carbocycles. The normalized spacial score (nSPS) is 10.1. The summed E-state index contributed by atoms with van der Waals surface area (Å²) in [7, 11) is 1.63. The van der Waals surface area contributed by atoms with Crippen LogP contribution >= 0.6 is 0 Å². The van der Waals surface area contributed by atoms with Crippen molar-refractivity contribution in [3.63, 3.8) is 0 Å². The Kier molecular flexibility index (Phi) is 7.25. The van der Waals surface area contributed by atoms with Crippen molar-refractivity contribution in [2.45, 2.75) is 27.2 Å². The first kappa shape index (κ1) is 18.7. The van der Waals surface area contributed by atoms with Crippen molar-refractivity contribution in [1.29, 1.82) is 0 Å². The van der Waals surface area contributed by atoms with Crippen molar-refractivity contribution in [1.82, 2.24) is 9.80 Å². The predicted molar refractivity (Wildman–Crippen MR) is 90.0 cm³/mol. The number of likely N-dealkylation sites (N-methyl/N-ethyl adjacent to an activating group) is 2. The first-order chi connectivity index (χ1) is 10.9. The lowest BCUT2D eigenvalue weighted by Crippen LogP contribution is -2.41. The van der Waals surface area contributed by atoms with E-state index in [1.54, 1.807) is 36.2 Å². The van der Waals surface area contributed by atoms with Crippen LogP contribution in [0, 0.1) is 0 Å². The molecule has 0 aromatic heterocycles.